The van der Waals surface area contributed by atoms with Gasteiger partial charge in [0.15, 0.2) is 5.70 Å². The van der Waals surface area contributed by atoms with E-state index in [-0.39, 0.29) is 0 Å². The molecule has 4 nitrogen and oxygen atoms in total. The van der Waals surface area contributed by atoms with Gasteiger partial charge in [0.1, 0.15) is 5.75 Å². The van der Waals surface area contributed by atoms with Crippen LogP contribution in [0.2, 0.25) is 0 Å². The fourth-order valence-electron chi connectivity index (χ4n) is 2.50. The highest BCUT2D eigenvalue weighted by Gasteiger charge is 2.25. The SMILES string of the molecule is CCCOc1c(I)cc(/C=C2\N=C(c3ccccc3C)OC2=O)cc1I. The zero-order chi connectivity index (χ0) is 18.7. The van der Waals surface area contributed by atoms with Crippen LogP contribution in [-0.2, 0) is 9.53 Å². The van der Waals surface area contributed by atoms with Crippen LogP contribution in [0.1, 0.15) is 30.0 Å². The molecular weight excluding hydrogens is 556 g/mol. The number of rotatable bonds is 5. The molecule has 0 saturated heterocycles. The van der Waals surface area contributed by atoms with Crippen molar-refractivity contribution >= 4 is 63.1 Å². The monoisotopic (exact) mass is 573 g/mol. The normalized spacial score (nSPS) is 15.2. The molecule has 0 bridgehead atoms. The highest BCUT2D eigenvalue weighted by Crippen LogP contribution is 2.30. The van der Waals surface area contributed by atoms with E-state index in [1.54, 1.807) is 6.08 Å². The smallest absolute Gasteiger partial charge is 0.363 e. The first-order chi connectivity index (χ1) is 12.5. The van der Waals surface area contributed by atoms with Crippen molar-refractivity contribution in [3.8, 4) is 5.75 Å². The van der Waals surface area contributed by atoms with Gasteiger partial charge in [-0.2, -0.15) is 0 Å². The predicted molar refractivity (Wildman–Crippen MR) is 119 cm³/mol. The first kappa shape index (κ1) is 19.3. The summed E-state index contributed by atoms with van der Waals surface area (Å²) in [6, 6.07) is 11.7. The van der Waals surface area contributed by atoms with Crippen LogP contribution in [0, 0.1) is 14.1 Å². The summed E-state index contributed by atoms with van der Waals surface area (Å²) in [5, 5.41) is 0. The Morgan fingerprint density at radius 1 is 1.19 bits per heavy atom. The molecule has 0 aliphatic carbocycles. The maximum atomic E-state index is 12.2. The Labute approximate surface area is 180 Å². The molecule has 0 aromatic heterocycles. The number of halogens is 2. The number of hydrogen-bond donors (Lipinski definition) is 0. The number of nitrogens with zero attached hydrogens (tertiary/aromatic N) is 1. The van der Waals surface area contributed by atoms with E-state index >= 15 is 0 Å². The molecule has 2 aromatic rings. The minimum atomic E-state index is -0.431. The van der Waals surface area contributed by atoms with Crippen molar-refractivity contribution in [1.82, 2.24) is 0 Å². The van der Waals surface area contributed by atoms with Gasteiger partial charge in [-0.15, -0.1) is 0 Å². The van der Waals surface area contributed by atoms with Crippen molar-refractivity contribution < 1.29 is 14.3 Å². The number of cyclic esters (lactones) is 1. The number of hydrogen-bond acceptors (Lipinski definition) is 4. The molecule has 0 spiro atoms. The van der Waals surface area contributed by atoms with E-state index in [2.05, 4.69) is 57.1 Å². The minimum absolute atomic E-state index is 0.303. The topological polar surface area (TPSA) is 47.9 Å². The third-order valence-electron chi connectivity index (χ3n) is 3.77. The Bertz CT molecular complexity index is 896. The van der Waals surface area contributed by atoms with E-state index in [0.29, 0.717) is 18.2 Å². The summed E-state index contributed by atoms with van der Waals surface area (Å²) < 4.78 is 13.2. The molecule has 1 heterocycles. The molecule has 2 aromatic carbocycles. The van der Waals surface area contributed by atoms with Gasteiger partial charge in [-0.05, 0) is 93.9 Å². The molecule has 0 N–H and O–H groups in total. The van der Waals surface area contributed by atoms with E-state index in [9.17, 15) is 4.79 Å². The second-order valence-electron chi connectivity index (χ2n) is 5.81. The van der Waals surface area contributed by atoms with Gasteiger partial charge in [0.25, 0.3) is 0 Å². The quantitative estimate of drug-likeness (QED) is 0.276. The summed E-state index contributed by atoms with van der Waals surface area (Å²) in [5.41, 5.74) is 3.04. The second-order valence-corrected chi connectivity index (χ2v) is 8.14. The first-order valence-electron chi connectivity index (χ1n) is 8.20. The molecule has 26 heavy (non-hydrogen) atoms. The molecule has 1 aliphatic rings. The number of esters is 1. The maximum absolute atomic E-state index is 12.2. The van der Waals surface area contributed by atoms with Crippen molar-refractivity contribution in [2.24, 2.45) is 4.99 Å². The lowest BCUT2D eigenvalue weighted by molar-refractivity contribution is -0.129. The Hall–Kier alpha value is -1.42. The van der Waals surface area contributed by atoms with Crippen LogP contribution in [0.4, 0.5) is 0 Å². The van der Waals surface area contributed by atoms with Crippen molar-refractivity contribution in [1.29, 1.82) is 0 Å². The third-order valence-corrected chi connectivity index (χ3v) is 5.37. The van der Waals surface area contributed by atoms with E-state index in [1.807, 2.05) is 43.3 Å². The highest BCUT2D eigenvalue weighted by molar-refractivity contribution is 14.1. The Morgan fingerprint density at radius 3 is 2.54 bits per heavy atom. The zero-order valence-electron chi connectivity index (χ0n) is 14.4. The Morgan fingerprint density at radius 2 is 1.88 bits per heavy atom. The van der Waals surface area contributed by atoms with Crippen LogP contribution >= 0.6 is 45.2 Å². The van der Waals surface area contributed by atoms with E-state index in [0.717, 1.165) is 36.0 Å². The fraction of sp³-hybridized carbons (Fsp3) is 0.200. The molecule has 3 rings (SSSR count). The lowest BCUT2D eigenvalue weighted by Gasteiger charge is -2.10. The van der Waals surface area contributed by atoms with Crippen molar-refractivity contribution in [2.75, 3.05) is 6.61 Å². The Balaban J connectivity index is 1.92. The number of aryl methyl sites for hydroxylation is 1. The molecule has 0 atom stereocenters. The van der Waals surface area contributed by atoms with Crippen LogP contribution in [0.15, 0.2) is 47.1 Å². The van der Waals surface area contributed by atoms with Gasteiger partial charge >= 0.3 is 5.97 Å². The summed E-state index contributed by atoms with van der Waals surface area (Å²) in [6.45, 7) is 4.73. The van der Waals surface area contributed by atoms with E-state index in [4.69, 9.17) is 9.47 Å². The average Bonchev–Trinajstić information content (AvgIpc) is 2.95. The van der Waals surface area contributed by atoms with E-state index in [1.165, 1.54) is 0 Å². The number of benzene rings is 2. The number of aliphatic imine (C=N–C) groups is 1. The third kappa shape index (κ3) is 4.28. The fourth-order valence-corrected chi connectivity index (χ4v) is 4.63. The van der Waals surface area contributed by atoms with Gasteiger partial charge < -0.3 is 9.47 Å². The summed E-state index contributed by atoms with van der Waals surface area (Å²) in [4.78, 5) is 16.6. The van der Waals surface area contributed by atoms with Crippen molar-refractivity contribution in [2.45, 2.75) is 20.3 Å². The highest BCUT2D eigenvalue weighted by atomic mass is 127. The molecular formula is C20H17I2NO3. The molecule has 0 amide bonds. The zero-order valence-corrected chi connectivity index (χ0v) is 18.7. The largest absolute Gasteiger partial charge is 0.491 e. The molecule has 0 radical (unpaired) electrons. The van der Waals surface area contributed by atoms with E-state index < -0.39 is 5.97 Å². The summed E-state index contributed by atoms with van der Waals surface area (Å²) in [5.74, 6) is 0.805. The van der Waals surface area contributed by atoms with Gasteiger partial charge in [-0.1, -0.05) is 25.1 Å². The average molecular weight is 573 g/mol. The maximum Gasteiger partial charge on any atom is 0.363 e. The van der Waals surface area contributed by atoms with Crippen LogP contribution in [-0.4, -0.2) is 18.5 Å². The van der Waals surface area contributed by atoms with Crippen molar-refractivity contribution in [3.63, 3.8) is 0 Å². The van der Waals surface area contributed by atoms with Crippen LogP contribution in [0.3, 0.4) is 0 Å². The Kier molecular flexibility index (Phi) is 6.33. The summed E-state index contributed by atoms with van der Waals surface area (Å²) >= 11 is 4.50. The molecule has 0 unspecified atom stereocenters. The number of ether oxygens (including phenoxy) is 2. The molecule has 0 fully saturated rings. The van der Waals surface area contributed by atoms with Gasteiger partial charge in [0.05, 0.1) is 13.7 Å². The molecule has 134 valence electrons. The first-order valence-corrected chi connectivity index (χ1v) is 10.4. The minimum Gasteiger partial charge on any atom is -0.491 e. The van der Waals surface area contributed by atoms with Crippen LogP contribution < -0.4 is 4.74 Å². The van der Waals surface area contributed by atoms with Crippen LogP contribution in [0.5, 0.6) is 5.75 Å². The van der Waals surface area contributed by atoms with Gasteiger partial charge in [0.2, 0.25) is 5.90 Å². The van der Waals surface area contributed by atoms with Gasteiger partial charge in [-0.3, -0.25) is 0 Å². The molecule has 0 saturated carbocycles. The number of carbonyl (C=O) groups excluding carboxylic acids is 1. The lowest BCUT2D eigenvalue weighted by atomic mass is 10.1. The van der Waals surface area contributed by atoms with Gasteiger partial charge in [-0.25, -0.2) is 9.79 Å². The standard InChI is InChI=1S/C20H17I2NO3/c1-3-8-25-18-15(21)9-13(10-16(18)22)11-17-20(24)26-19(23-17)14-7-5-4-6-12(14)2/h4-7,9-11H,3,8H2,1-2H3/b17-11-. The second kappa shape index (κ2) is 8.51. The molecule has 1 aliphatic heterocycles. The lowest BCUT2D eigenvalue weighted by Crippen LogP contribution is -2.06. The molecule has 6 heteroatoms. The summed E-state index contributed by atoms with van der Waals surface area (Å²) in [7, 11) is 0. The number of carbonyl (C=O) groups is 1. The van der Waals surface area contributed by atoms with Gasteiger partial charge in [0, 0.05) is 5.56 Å². The summed E-state index contributed by atoms with van der Waals surface area (Å²) in [6.07, 6.45) is 2.71. The van der Waals surface area contributed by atoms with Crippen molar-refractivity contribution in [3.05, 3.63) is 65.9 Å². The van der Waals surface area contributed by atoms with Crippen LogP contribution in [0.25, 0.3) is 6.08 Å². The predicted octanol–water partition coefficient (Wildman–Crippen LogP) is 5.34.